The molecule has 0 spiro atoms. The molecule has 1 aliphatic carbocycles. The molecule has 3 N–H and O–H groups in total. The summed E-state index contributed by atoms with van der Waals surface area (Å²) in [7, 11) is 0. The maximum atomic E-state index is 12.8. The molecular formula is C23H27N7OS2. The highest BCUT2D eigenvalue weighted by Crippen LogP contribution is 2.34. The smallest absolute Gasteiger partial charge is 0.259 e. The molecule has 3 heterocycles. The maximum absolute atomic E-state index is 12.8. The number of nitrogens with one attached hydrogen (secondary N) is 1. The van der Waals surface area contributed by atoms with Gasteiger partial charge in [0.15, 0.2) is 5.82 Å². The van der Waals surface area contributed by atoms with E-state index in [0.717, 1.165) is 48.1 Å². The Kier molecular flexibility index (Phi) is 6.11. The molecule has 172 valence electrons. The van der Waals surface area contributed by atoms with Crippen LogP contribution in [0.5, 0.6) is 0 Å². The molecule has 1 aliphatic rings. The first kappa shape index (κ1) is 22.0. The number of thioether (sulfide) groups is 1. The van der Waals surface area contributed by atoms with Crippen molar-refractivity contribution in [2.24, 2.45) is 0 Å². The number of rotatable bonds is 7. The van der Waals surface area contributed by atoms with Crippen LogP contribution < -0.4 is 16.3 Å². The molecule has 0 saturated heterocycles. The van der Waals surface area contributed by atoms with Gasteiger partial charge in [-0.1, -0.05) is 11.8 Å². The van der Waals surface area contributed by atoms with Gasteiger partial charge in [-0.3, -0.25) is 4.79 Å². The summed E-state index contributed by atoms with van der Waals surface area (Å²) in [5, 5.41) is 9.90. The van der Waals surface area contributed by atoms with Crippen molar-refractivity contribution in [1.29, 1.82) is 0 Å². The van der Waals surface area contributed by atoms with Crippen molar-refractivity contribution in [2.45, 2.75) is 50.4 Å². The first-order valence-corrected chi connectivity index (χ1v) is 13.1. The monoisotopic (exact) mass is 481 g/mol. The van der Waals surface area contributed by atoms with Crippen LogP contribution in [-0.2, 0) is 18.6 Å². The van der Waals surface area contributed by atoms with Crippen LogP contribution in [0.3, 0.4) is 0 Å². The van der Waals surface area contributed by atoms with Crippen LogP contribution in [0.4, 0.5) is 5.69 Å². The molecule has 0 fully saturated rings. The largest absolute Gasteiger partial charge is 0.372 e. The van der Waals surface area contributed by atoms with Crippen molar-refractivity contribution >= 4 is 39.0 Å². The van der Waals surface area contributed by atoms with Crippen molar-refractivity contribution in [3.05, 3.63) is 50.9 Å². The number of nitrogens with zero attached hydrogens (tertiary/aromatic N) is 5. The highest BCUT2D eigenvalue weighted by atomic mass is 32.2. The fraction of sp³-hybridized carbons (Fsp3) is 0.391. The molecule has 0 radical (unpaired) electrons. The number of benzene rings is 1. The van der Waals surface area contributed by atoms with Crippen LogP contribution >= 0.6 is 23.1 Å². The predicted octanol–water partition coefficient (Wildman–Crippen LogP) is 3.97. The molecule has 0 unspecified atom stereocenters. The zero-order chi connectivity index (χ0) is 22.9. The standard InChI is InChI=1S/C23H27N7OS2/c1-3-29(4-2)15-11-9-14(10-12-15)20-27-28-23(30(20)24)32-13-18-25-21(31)19-16-7-5-6-8-17(16)33-22(19)26-18/h9-12H,3-8,13,24H2,1-2H3,(H,25,26,31). The first-order chi connectivity index (χ1) is 16.1. The van der Waals surface area contributed by atoms with E-state index in [0.29, 0.717) is 22.6 Å². The van der Waals surface area contributed by atoms with Crippen molar-refractivity contribution in [3.8, 4) is 11.4 Å². The first-order valence-electron chi connectivity index (χ1n) is 11.3. The number of anilines is 1. The Labute approximate surface area is 200 Å². The molecule has 3 aromatic heterocycles. The normalized spacial score (nSPS) is 13.4. The Balaban J connectivity index is 1.34. The molecule has 5 rings (SSSR count). The molecule has 0 bridgehead atoms. The lowest BCUT2D eigenvalue weighted by atomic mass is 9.97. The Bertz CT molecular complexity index is 1340. The zero-order valence-electron chi connectivity index (χ0n) is 18.8. The third kappa shape index (κ3) is 4.13. The van der Waals surface area contributed by atoms with E-state index >= 15 is 0 Å². The number of H-pyrrole nitrogens is 1. The van der Waals surface area contributed by atoms with E-state index in [-0.39, 0.29) is 5.56 Å². The molecule has 1 aromatic carbocycles. The Morgan fingerprint density at radius 1 is 1.15 bits per heavy atom. The average Bonchev–Trinajstić information content (AvgIpc) is 3.39. The lowest BCUT2D eigenvalue weighted by Gasteiger charge is -2.21. The lowest BCUT2D eigenvalue weighted by molar-refractivity contribution is 0.700. The second kappa shape index (κ2) is 9.18. The molecular weight excluding hydrogens is 454 g/mol. The summed E-state index contributed by atoms with van der Waals surface area (Å²) in [6.45, 7) is 6.20. The lowest BCUT2D eigenvalue weighted by Crippen LogP contribution is -2.21. The highest BCUT2D eigenvalue weighted by molar-refractivity contribution is 7.98. The van der Waals surface area contributed by atoms with Crippen LogP contribution in [0.15, 0.2) is 34.2 Å². The number of hydrogen-bond acceptors (Lipinski definition) is 8. The van der Waals surface area contributed by atoms with Crippen molar-refractivity contribution in [2.75, 3.05) is 23.8 Å². The van der Waals surface area contributed by atoms with Crippen LogP contribution in [0.25, 0.3) is 21.6 Å². The molecule has 8 nitrogen and oxygen atoms in total. The number of nitrogen functional groups attached to an aromatic ring is 1. The Morgan fingerprint density at radius 2 is 1.91 bits per heavy atom. The van der Waals surface area contributed by atoms with E-state index < -0.39 is 0 Å². The predicted molar refractivity (Wildman–Crippen MR) is 136 cm³/mol. The summed E-state index contributed by atoms with van der Waals surface area (Å²) in [5.74, 6) is 8.00. The summed E-state index contributed by atoms with van der Waals surface area (Å²) in [6, 6.07) is 8.19. The third-order valence-electron chi connectivity index (χ3n) is 6.13. The Hall–Kier alpha value is -2.85. The minimum absolute atomic E-state index is 0.0433. The highest BCUT2D eigenvalue weighted by Gasteiger charge is 2.20. The van der Waals surface area contributed by atoms with Gasteiger partial charge in [0.05, 0.1) is 11.1 Å². The fourth-order valence-corrected chi connectivity index (χ4v) is 6.40. The summed E-state index contributed by atoms with van der Waals surface area (Å²) < 4.78 is 1.50. The van der Waals surface area contributed by atoms with Crippen LogP contribution in [0.2, 0.25) is 0 Å². The molecule has 10 heteroatoms. The number of thiophene rings is 1. The van der Waals surface area contributed by atoms with Gasteiger partial charge in [0.1, 0.15) is 10.7 Å². The summed E-state index contributed by atoms with van der Waals surface area (Å²) in [4.78, 5) is 24.9. The van der Waals surface area contributed by atoms with Gasteiger partial charge in [-0.15, -0.1) is 21.5 Å². The van der Waals surface area contributed by atoms with Crippen molar-refractivity contribution < 1.29 is 0 Å². The number of aromatic nitrogens is 5. The van der Waals surface area contributed by atoms with Gasteiger partial charge in [-0.2, -0.15) is 0 Å². The van der Waals surface area contributed by atoms with Crippen LogP contribution in [-0.4, -0.2) is 37.9 Å². The average molecular weight is 482 g/mol. The molecule has 0 amide bonds. The fourth-order valence-electron chi connectivity index (χ4n) is 4.39. The maximum Gasteiger partial charge on any atom is 0.259 e. The molecule has 4 aromatic rings. The van der Waals surface area contributed by atoms with Gasteiger partial charge in [-0.05, 0) is 69.4 Å². The number of fused-ring (bicyclic) bond motifs is 3. The second-order valence-electron chi connectivity index (χ2n) is 8.09. The number of aryl methyl sites for hydroxylation is 2. The number of hydrogen-bond donors (Lipinski definition) is 2. The van der Waals surface area contributed by atoms with Crippen molar-refractivity contribution in [1.82, 2.24) is 24.8 Å². The number of aromatic amines is 1. The molecule has 33 heavy (non-hydrogen) atoms. The topological polar surface area (TPSA) is 106 Å². The molecule has 0 atom stereocenters. The quantitative estimate of drug-likeness (QED) is 0.304. The van der Waals surface area contributed by atoms with Gasteiger partial charge in [0, 0.05) is 29.2 Å². The van der Waals surface area contributed by atoms with E-state index in [1.54, 1.807) is 11.3 Å². The van der Waals surface area contributed by atoms with Gasteiger partial charge >= 0.3 is 0 Å². The minimum atomic E-state index is -0.0433. The van der Waals surface area contributed by atoms with Crippen molar-refractivity contribution in [3.63, 3.8) is 0 Å². The van der Waals surface area contributed by atoms with E-state index in [2.05, 4.69) is 46.1 Å². The number of nitrogens with two attached hydrogens (primary N) is 1. The third-order valence-corrected chi connectivity index (χ3v) is 8.27. The van der Waals surface area contributed by atoms with E-state index in [1.165, 1.54) is 39.0 Å². The SMILES string of the molecule is CCN(CC)c1ccc(-c2nnc(SCc3nc4sc5c(c4c(=O)[nH]3)CCCC5)n2N)cc1. The summed E-state index contributed by atoms with van der Waals surface area (Å²) in [5.41, 5.74) is 3.23. The summed E-state index contributed by atoms with van der Waals surface area (Å²) >= 11 is 3.07. The van der Waals surface area contributed by atoms with E-state index in [9.17, 15) is 4.79 Å². The second-order valence-corrected chi connectivity index (χ2v) is 10.1. The molecule has 0 saturated carbocycles. The van der Waals surface area contributed by atoms with E-state index in [1.807, 2.05) is 12.1 Å². The van der Waals surface area contributed by atoms with E-state index in [4.69, 9.17) is 10.8 Å². The zero-order valence-corrected chi connectivity index (χ0v) is 20.4. The minimum Gasteiger partial charge on any atom is -0.372 e. The van der Waals surface area contributed by atoms with Crippen LogP contribution in [0.1, 0.15) is 43.0 Å². The van der Waals surface area contributed by atoms with Gasteiger partial charge < -0.3 is 15.7 Å². The molecule has 0 aliphatic heterocycles. The van der Waals surface area contributed by atoms with Crippen LogP contribution in [0, 0.1) is 0 Å². The van der Waals surface area contributed by atoms with Gasteiger partial charge in [0.25, 0.3) is 5.56 Å². The van der Waals surface area contributed by atoms with Gasteiger partial charge in [-0.25, -0.2) is 9.66 Å². The summed E-state index contributed by atoms with van der Waals surface area (Å²) in [6.07, 6.45) is 4.35. The van der Waals surface area contributed by atoms with Gasteiger partial charge in [0.2, 0.25) is 5.16 Å². The Morgan fingerprint density at radius 3 is 2.67 bits per heavy atom.